The Bertz CT molecular complexity index is 464. The minimum absolute atomic E-state index is 0.00724. The summed E-state index contributed by atoms with van der Waals surface area (Å²) in [6, 6.07) is 0. The van der Waals surface area contributed by atoms with Gasteiger partial charge in [-0.1, -0.05) is 5.16 Å². The van der Waals surface area contributed by atoms with Crippen LogP contribution in [0.3, 0.4) is 0 Å². The SMILES string of the molecule is Cc1noc(C)c1C(=O)NCC1(OCCO)CCSCC1. The van der Waals surface area contributed by atoms with Crippen molar-refractivity contribution in [1.82, 2.24) is 10.5 Å². The van der Waals surface area contributed by atoms with Crippen molar-refractivity contribution in [3.05, 3.63) is 17.0 Å². The number of nitrogens with one attached hydrogen (secondary N) is 1. The third kappa shape index (κ3) is 3.99. The van der Waals surface area contributed by atoms with Crippen molar-refractivity contribution in [3.8, 4) is 0 Å². The first-order chi connectivity index (χ1) is 10.1. The molecule has 1 aromatic heterocycles. The molecule has 0 bridgehead atoms. The molecule has 0 aromatic carbocycles. The fourth-order valence-corrected chi connectivity index (χ4v) is 3.75. The molecule has 1 aliphatic rings. The predicted molar refractivity (Wildman–Crippen MR) is 80.6 cm³/mol. The number of aliphatic hydroxyl groups excluding tert-OH is 1. The maximum atomic E-state index is 12.3. The predicted octanol–water partition coefficient (Wildman–Crippen LogP) is 1.30. The molecule has 1 fully saturated rings. The fraction of sp³-hybridized carbons (Fsp3) is 0.714. The number of amides is 1. The smallest absolute Gasteiger partial charge is 0.256 e. The van der Waals surface area contributed by atoms with E-state index in [1.165, 1.54) is 0 Å². The van der Waals surface area contributed by atoms with Gasteiger partial charge in [-0.05, 0) is 38.2 Å². The summed E-state index contributed by atoms with van der Waals surface area (Å²) in [4.78, 5) is 12.3. The van der Waals surface area contributed by atoms with Gasteiger partial charge in [0.05, 0.1) is 24.5 Å². The second-order valence-electron chi connectivity index (χ2n) is 5.25. The summed E-state index contributed by atoms with van der Waals surface area (Å²) in [7, 11) is 0. The Hall–Kier alpha value is -1.05. The molecule has 0 spiro atoms. The van der Waals surface area contributed by atoms with Crippen LogP contribution in [0.4, 0.5) is 0 Å². The van der Waals surface area contributed by atoms with Crippen LogP contribution in [0.1, 0.15) is 34.7 Å². The van der Waals surface area contributed by atoms with Crippen molar-refractivity contribution < 1.29 is 19.2 Å². The molecule has 0 atom stereocenters. The van der Waals surface area contributed by atoms with E-state index in [9.17, 15) is 4.79 Å². The summed E-state index contributed by atoms with van der Waals surface area (Å²) in [5.74, 6) is 2.35. The average molecular weight is 314 g/mol. The maximum absolute atomic E-state index is 12.3. The van der Waals surface area contributed by atoms with Gasteiger partial charge in [-0.3, -0.25) is 4.79 Å². The van der Waals surface area contributed by atoms with Crippen molar-refractivity contribution in [2.45, 2.75) is 32.3 Å². The number of aryl methyl sites for hydroxylation is 2. The monoisotopic (exact) mass is 314 g/mol. The molecule has 2 rings (SSSR count). The molecule has 1 saturated heterocycles. The highest BCUT2D eigenvalue weighted by Crippen LogP contribution is 2.30. The molecular formula is C14H22N2O4S. The lowest BCUT2D eigenvalue weighted by molar-refractivity contribution is -0.0608. The second kappa shape index (κ2) is 7.29. The standard InChI is InChI=1S/C14H22N2O4S/c1-10-12(11(2)20-16-10)13(18)15-9-14(19-6-5-17)3-7-21-8-4-14/h17H,3-9H2,1-2H3,(H,15,18). The molecule has 0 saturated carbocycles. The molecule has 2 N–H and O–H groups in total. The summed E-state index contributed by atoms with van der Waals surface area (Å²) in [5.41, 5.74) is 0.717. The number of carbonyl (C=O) groups is 1. The van der Waals surface area contributed by atoms with Crippen molar-refractivity contribution in [2.24, 2.45) is 0 Å². The van der Waals surface area contributed by atoms with Gasteiger partial charge in [0.25, 0.3) is 5.91 Å². The van der Waals surface area contributed by atoms with Crippen LogP contribution in [0.15, 0.2) is 4.52 Å². The molecule has 2 heterocycles. The first-order valence-corrected chi connectivity index (χ1v) is 8.27. The van der Waals surface area contributed by atoms with Crippen molar-refractivity contribution in [3.63, 3.8) is 0 Å². The first kappa shape index (κ1) is 16.3. The number of rotatable bonds is 6. The van der Waals surface area contributed by atoms with Crippen LogP contribution in [0.5, 0.6) is 0 Å². The summed E-state index contributed by atoms with van der Waals surface area (Å²) in [6.07, 6.45) is 1.75. The quantitative estimate of drug-likeness (QED) is 0.823. The lowest BCUT2D eigenvalue weighted by atomic mass is 9.96. The van der Waals surface area contributed by atoms with Crippen LogP contribution >= 0.6 is 11.8 Å². The lowest BCUT2D eigenvalue weighted by Gasteiger charge is -2.37. The molecule has 7 heteroatoms. The van der Waals surface area contributed by atoms with Crippen molar-refractivity contribution in [2.75, 3.05) is 31.3 Å². The zero-order chi connectivity index (χ0) is 15.3. The molecule has 0 radical (unpaired) electrons. The Morgan fingerprint density at radius 2 is 2.19 bits per heavy atom. The van der Waals surface area contributed by atoms with Crippen LogP contribution in [-0.2, 0) is 4.74 Å². The minimum Gasteiger partial charge on any atom is -0.394 e. The Morgan fingerprint density at radius 1 is 1.48 bits per heavy atom. The normalized spacial score (nSPS) is 17.7. The van der Waals surface area contributed by atoms with E-state index in [1.807, 2.05) is 11.8 Å². The summed E-state index contributed by atoms with van der Waals surface area (Å²) >= 11 is 1.89. The number of aliphatic hydroxyl groups is 1. The van der Waals surface area contributed by atoms with Crippen LogP contribution in [0, 0.1) is 13.8 Å². The molecule has 1 aromatic rings. The van der Waals surface area contributed by atoms with Crippen LogP contribution in [-0.4, -0.2) is 53.0 Å². The lowest BCUT2D eigenvalue weighted by Crippen LogP contribution is -2.48. The summed E-state index contributed by atoms with van der Waals surface area (Å²) < 4.78 is 10.9. The highest BCUT2D eigenvalue weighted by Gasteiger charge is 2.34. The number of carbonyl (C=O) groups excluding carboxylic acids is 1. The van der Waals surface area contributed by atoms with Gasteiger partial charge in [-0.25, -0.2) is 0 Å². The Balaban J connectivity index is 1.99. The Morgan fingerprint density at radius 3 is 2.76 bits per heavy atom. The van der Waals surface area contributed by atoms with Crippen LogP contribution in [0.2, 0.25) is 0 Å². The van der Waals surface area contributed by atoms with Crippen LogP contribution < -0.4 is 5.32 Å². The molecule has 0 aliphatic carbocycles. The third-order valence-electron chi connectivity index (χ3n) is 3.74. The van der Waals surface area contributed by atoms with Crippen LogP contribution in [0.25, 0.3) is 0 Å². The number of aromatic nitrogens is 1. The van der Waals surface area contributed by atoms with E-state index < -0.39 is 0 Å². The van der Waals surface area contributed by atoms with Crippen molar-refractivity contribution in [1.29, 1.82) is 0 Å². The maximum Gasteiger partial charge on any atom is 0.256 e. The fourth-order valence-electron chi connectivity index (χ4n) is 2.51. The molecular weight excluding hydrogens is 292 g/mol. The zero-order valence-electron chi connectivity index (χ0n) is 12.5. The van der Waals surface area contributed by atoms with Gasteiger partial charge in [-0.15, -0.1) is 0 Å². The van der Waals surface area contributed by atoms with E-state index in [1.54, 1.807) is 13.8 Å². The van der Waals surface area contributed by atoms with E-state index in [0.717, 1.165) is 24.3 Å². The molecule has 6 nitrogen and oxygen atoms in total. The molecule has 1 amide bonds. The molecule has 1 aliphatic heterocycles. The van der Waals surface area contributed by atoms with E-state index in [2.05, 4.69) is 10.5 Å². The number of thioether (sulfide) groups is 1. The summed E-state index contributed by atoms with van der Waals surface area (Å²) in [6.45, 7) is 4.21. The highest BCUT2D eigenvalue weighted by atomic mass is 32.2. The zero-order valence-corrected chi connectivity index (χ0v) is 13.3. The molecule has 118 valence electrons. The second-order valence-corrected chi connectivity index (χ2v) is 6.47. The number of nitrogens with zero attached hydrogens (tertiary/aromatic N) is 1. The van der Waals surface area contributed by atoms with E-state index in [4.69, 9.17) is 14.4 Å². The van der Waals surface area contributed by atoms with E-state index >= 15 is 0 Å². The number of hydrogen-bond donors (Lipinski definition) is 2. The van der Waals surface area contributed by atoms with E-state index in [-0.39, 0.29) is 18.1 Å². The van der Waals surface area contributed by atoms with Gasteiger partial charge < -0.3 is 19.7 Å². The number of ether oxygens (including phenoxy) is 1. The van der Waals surface area contributed by atoms with Gasteiger partial charge in [-0.2, -0.15) is 11.8 Å². The van der Waals surface area contributed by atoms with E-state index in [0.29, 0.717) is 30.2 Å². The molecule has 0 unspecified atom stereocenters. The molecule has 21 heavy (non-hydrogen) atoms. The van der Waals surface area contributed by atoms with Gasteiger partial charge in [0.2, 0.25) is 0 Å². The highest BCUT2D eigenvalue weighted by molar-refractivity contribution is 7.99. The largest absolute Gasteiger partial charge is 0.394 e. The third-order valence-corrected chi connectivity index (χ3v) is 4.72. The first-order valence-electron chi connectivity index (χ1n) is 7.12. The average Bonchev–Trinajstić information content (AvgIpc) is 2.83. The van der Waals surface area contributed by atoms with Gasteiger partial charge in [0.1, 0.15) is 11.3 Å². The topological polar surface area (TPSA) is 84.6 Å². The summed E-state index contributed by atoms with van der Waals surface area (Å²) in [5, 5.41) is 15.7. The minimum atomic E-state index is -0.372. The Labute approximate surface area is 128 Å². The van der Waals surface area contributed by atoms with Gasteiger partial charge >= 0.3 is 0 Å². The van der Waals surface area contributed by atoms with Crippen molar-refractivity contribution >= 4 is 17.7 Å². The van der Waals surface area contributed by atoms with Gasteiger partial charge in [0.15, 0.2) is 0 Å². The van der Waals surface area contributed by atoms with Gasteiger partial charge in [0, 0.05) is 6.54 Å². The number of hydrogen-bond acceptors (Lipinski definition) is 6. The Kier molecular flexibility index (Phi) is 5.66.